The van der Waals surface area contributed by atoms with Crippen molar-refractivity contribution in [3.8, 4) is 11.6 Å². The Balaban J connectivity index is 2.41. The SMILES string of the molecule is CC(F)(F)c1ncc(C(=O)NC(C=CS(C)(=O)=O)CC(F)(F)F)c(Oc2ccccc2)n1. The predicted octanol–water partition coefficient (Wildman–Crippen LogP) is 3.99. The van der Waals surface area contributed by atoms with E-state index in [1.165, 1.54) is 12.1 Å². The first-order chi connectivity index (χ1) is 14.6. The average molecular weight is 479 g/mol. The molecule has 0 saturated heterocycles. The number of alkyl halides is 5. The molecule has 0 spiro atoms. The van der Waals surface area contributed by atoms with Gasteiger partial charge in [-0.15, -0.1) is 0 Å². The number of hydrogen-bond donors (Lipinski definition) is 1. The fourth-order valence-electron chi connectivity index (χ4n) is 2.31. The van der Waals surface area contributed by atoms with Crippen LogP contribution >= 0.6 is 0 Å². The minimum Gasteiger partial charge on any atom is -0.438 e. The van der Waals surface area contributed by atoms with Crippen molar-refractivity contribution in [1.29, 1.82) is 0 Å². The van der Waals surface area contributed by atoms with Gasteiger partial charge >= 0.3 is 12.1 Å². The Morgan fingerprint density at radius 1 is 1.19 bits per heavy atom. The Morgan fingerprint density at radius 3 is 2.34 bits per heavy atom. The van der Waals surface area contributed by atoms with E-state index in [2.05, 4.69) is 9.97 Å². The minimum atomic E-state index is -4.74. The molecule has 0 aliphatic rings. The van der Waals surface area contributed by atoms with E-state index >= 15 is 0 Å². The molecule has 0 saturated carbocycles. The van der Waals surface area contributed by atoms with Crippen LogP contribution in [0.15, 0.2) is 48.0 Å². The Labute approximate surface area is 180 Å². The molecule has 0 bridgehead atoms. The van der Waals surface area contributed by atoms with Crippen molar-refractivity contribution >= 4 is 15.7 Å². The summed E-state index contributed by atoms with van der Waals surface area (Å²) in [5, 5.41) is 2.51. The van der Waals surface area contributed by atoms with Gasteiger partial charge in [-0.2, -0.15) is 26.9 Å². The first-order valence-electron chi connectivity index (χ1n) is 8.88. The number of benzene rings is 1. The summed E-state index contributed by atoms with van der Waals surface area (Å²) in [6, 6.07) is 5.86. The van der Waals surface area contributed by atoms with E-state index in [0.717, 1.165) is 6.26 Å². The zero-order valence-electron chi connectivity index (χ0n) is 16.7. The van der Waals surface area contributed by atoms with Gasteiger partial charge in [-0.25, -0.2) is 13.4 Å². The van der Waals surface area contributed by atoms with Crippen LogP contribution in [0, 0.1) is 0 Å². The van der Waals surface area contributed by atoms with Crippen molar-refractivity contribution in [1.82, 2.24) is 15.3 Å². The lowest BCUT2D eigenvalue weighted by Crippen LogP contribution is -2.37. The molecule has 0 radical (unpaired) electrons. The van der Waals surface area contributed by atoms with Crippen LogP contribution in [0.4, 0.5) is 22.0 Å². The molecule has 2 rings (SSSR count). The molecule has 0 aliphatic heterocycles. The molecular formula is C19H18F5N3O4S. The highest BCUT2D eigenvalue weighted by Crippen LogP contribution is 2.29. The number of amides is 1. The van der Waals surface area contributed by atoms with Gasteiger partial charge < -0.3 is 10.1 Å². The van der Waals surface area contributed by atoms with E-state index in [4.69, 9.17) is 4.74 Å². The molecule has 0 aliphatic carbocycles. The van der Waals surface area contributed by atoms with Crippen LogP contribution in [0.25, 0.3) is 0 Å². The molecule has 32 heavy (non-hydrogen) atoms. The van der Waals surface area contributed by atoms with E-state index in [-0.39, 0.29) is 5.75 Å². The summed E-state index contributed by atoms with van der Waals surface area (Å²) >= 11 is 0. The highest BCUT2D eigenvalue weighted by atomic mass is 32.2. The molecule has 7 nitrogen and oxygen atoms in total. The second kappa shape index (κ2) is 9.59. The summed E-state index contributed by atoms with van der Waals surface area (Å²) in [5.41, 5.74) is -0.526. The summed E-state index contributed by atoms with van der Waals surface area (Å²) < 4.78 is 93.8. The number of nitrogens with one attached hydrogen (secondary N) is 1. The van der Waals surface area contributed by atoms with Crippen LogP contribution in [-0.2, 0) is 15.8 Å². The second-order valence-electron chi connectivity index (χ2n) is 6.77. The fourth-order valence-corrected chi connectivity index (χ4v) is 2.79. The molecular weight excluding hydrogens is 461 g/mol. The molecule has 2 aromatic rings. The normalized spacial score (nSPS) is 13.7. The standard InChI is InChI=1S/C19H18F5N3O4S/c1-18(20,21)17-25-11-14(16(27-17)31-13-6-4-3-5-7-13)15(28)26-12(10-19(22,23)24)8-9-32(2,29)30/h3-9,11-12H,10H2,1-2H3,(H,26,28). The van der Waals surface area contributed by atoms with E-state index in [1.54, 1.807) is 18.2 Å². The quantitative estimate of drug-likeness (QED) is 0.575. The summed E-state index contributed by atoms with van der Waals surface area (Å²) in [7, 11) is -3.78. The van der Waals surface area contributed by atoms with Crippen LogP contribution < -0.4 is 10.1 Å². The predicted molar refractivity (Wildman–Crippen MR) is 104 cm³/mol. The number of hydrogen-bond acceptors (Lipinski definition) is 6. The second-order valence-corrected chi connectivity index (χ2v) is 8.70. The largest absolute Gasteiger partial charge is 0.438 e. The summed E-state index contributed by atoms with van der Waals surface area (Å²) in [4.78, 5) is 19.6. The zero-order valence-corrected chi connectivity index (χ0v) is 17.5. The lowest BCUT2D eigenvalue weighted by molar-refractivity contribution is -0.136. The van der Waals surface area contributed by atoms with Gasteiger partial charge in [0.1, 0.15) is 11.3 Å². The number of carbonyl (C=O) groups excluding carboxylic acids is 1. The van der Waals surface area contributed by atoms with Crippen LogP contribution in [-0.4, -0.2) is 42.8 Å². The molecule has 1 aromatic carbocycles. The van der Waals surface area contributed by atoms with Gasteiger partial charge in [-0.1, -0.05) is 24.3 Å². The minimum absolute atomic E-state index is 0.120. The molecule has 13 heteroatoms. The zero-order chi connectivity index (χ0) is 24.2. The van der Waals surface area contributed by atoms with Crippen molar-refractivity contribution in [2.75, 3.05) is 6.26 Å². The molecule has 1 aromatic heterocycles. The lowest BCUT2D eigenvalue weighted by atomic mass is 10.2. The Bertz CT molecular complexity index is 1080. The molecule has 1 unspecified atom stereocenters. The summed E-state index contributed by atoms with van der Waals surface area (Å²) in [6.45, 7) is 0.518. The fraction of sp³-hybridized carbons (Fsp3) is 0.316. The van der Waals surface area contributed by atoms with Gasteiger partial charge in [0.2, 0.25) is 11.7 Å². The Kier molecular flexibility index (Phi) is 7.54. The van der Waals surface area contributed by atoms with E-state index in [9.17, 15) is 35.2 Å². The van der Waals surface area contributed by atoms with Crippen LogP contribution in [0.5, 0.6) is 11.6 Å². The summed E-state index contributed by atoms with van der Waals surface area (Å²) in [6.07, 6.45) is -4.20. The Morgan fingerprint density at radius 2 is 1.81 bits per heavy atom. The highest BCUT2D eigenvalue weighted by molar-refractivity contribution is 7.93. The smallest absolute Gasteiger partial charge is 0.391 e. The maximum Gasteiger partial charge on any atom is 0.391 e. The van der Waals surface area contributed by atoms with Gasteiger partial charge in [-0.3, -0.25) is 4.79 Å². The van der Waals surface area contributed by atoms with Crippen LogP contribution in [0.2, 0.25) is 0 Å². The van der Waals surface area contributed by atoms with Crippen molar-refractivity contribution in [3.63, 3.8) is 0 Å². The Hall–Kier alpha value is -3.09. The first-order valence-corrected chi connectivity index (χ1v) is 10.8. The number of carbonyl (C=O) groups is 1. The number of halogens is 5. The number of rotatable bonds is 8. The number of sulfone groups is 1. The monoisotopic (exact) mass is 479 g/mol. The van der Waals surface area contributed by atoms with Gasteiger partial charge in [0, 0.05) is 24.8 Å². The molecule has 1 N–H and O–H groups in total. The number of ether oxygens (including phenoxy) is 1. The molecule has 1 atom stereocenters. The lowest BCUT2D eigenvalue weighted by Gasteiger charge is -2.18. The topological polar surface area (TPSA) is 98.2 Å². The van der Waals surface area contributed by atoms with Crippen LogP contribution in [0.3, 0.4) is 0 Å². The van der Waals surface area contributed by atoms with Crippen molar-refractivity contribution in [2.45, 2.75) is 31.5 Å². The van der Waals surface area contributed by atoms with Crippen molar-refractivity contribution in [2.24, 2.45) is 0 Å². The maximum atomic E-state index is 13.6. The maximum absolute atomic E-state index is 13.6. The third kappa shape index (κ3) is 8.21. The molecule has 1 amide bonds. The highest BCUT2D eigenvalue weighted by Gasteiger charge is 2.34. The third-order valence-electron chi connectivity index (χ3n) is 3.67. The van der Waals surface area contributed by atoms with Crippen molar-refractivity contribution in [3.05, 3.63) is 59.4 Å². The van der Waals surface area contributed by atoms with E-state index in [0.29, 0.717) is 24.6 Å². The van der Waals surface area contributed by atoms with Gasteiger partial charge in [-0.05, 0) is 12.1 Å². The van der Waals surface area contributed by atoms with Gasteiger partial charge in [0.25, 0.3) is 5.91 Å². The van der Waals surface area contributed by atoms with E-state index < -0.39 is 57.6 Å². The molecule has 1 heterocycles. The van der Waals surface area contributed by atoms with Gasteiger partial charge in [0.05, 0.1) is 12.5 Å². The molecule has 0 fully saturated rings. The molecule has 174 valence electrons. The average Bonchev–Trinajstić information content (AvgIpc) is 2.64. The van der Waals surface area contributed by atoms with E-state index in [1.807, 2.05) is 5.32 Å². The first kappa shape index (κ1) is 25.2. The third-order valence-corrected chi connectivity index (χ3v) is 4.33. The number of nitrogens with zero attached hydrogens (tertiary/aromatic N) is 2. The number of para-hydroxylation sites is 1. The van der Waals surface area contributed by atoms with Crippen molar-refractivity contribution < 1.29 is 39.9 Å². The van der Waals surface area contributed by atoms with Crippen LogP contribution in [0.1, 0.15) is 29.5 Å². The van der Waals surface area contributed by atoms with Gasteiger partial charge in [0.15, 0.2) is 9.84 Å². The number of aromatic nitrogens is 2. The summed E-state index contributed by atoms with van der Waals surface area (Å²) in [5.74, 6) is -6.13.